The number of carboxylic acid groups (broad SMARTS) is 2. The summed E-state index contributed by atoms with van der Waals surface area (Å²) in [4.78, 5) is 42.4. The molecule has 0 radical (unpaired) electrons. The molecule has 2 saturated heterocycles. The molecule has 0 spiro atoms. The van der Waals surface area contributed by atoms with E-state index in [-0.39, 0.29) is 11.4 Å². The van der Waals surface area contributed by atoms with Gasteiger partial charge in [0.1, 0.15) is 12.2 Å². The van der Waals surface area contributed by atoms with E-state index < -0.39 is 11.9 Å². The first-order chi connectivity index (χ1) is 20.9. The largest absolute Gasteiger partial charge is 0.618 e. The number of halogens is 1. The van der Waals surface area contributed by atoms with Gasteiger partial charge in [-0.05, 0) is 82.8 Å². The van der Waals surface area contributed by atoms with E-state index in [9.17, 15) is 19.6 Å². The number of nitrogens with zero attached hydrogens (tertiary/aromatic N) is 4. The van der Waals surface area contributed by atoms with E-state index >= 15 is 0 Å². The highest BCUT2D eigenvalue weighted by Crippen LogP contribution is 2.34. The number of oxime groups is 1. The standard InChI is InChI=1S/C28H37BrN4O3.C4H4O4/c1-5-36-30-26(22-6-8-24(29)9-7-22)23-11-15-32(16-12-23)28(4)13-18-31(19-14-28)27(34)25-20(2)10-17-33(35)21(25)3;5-3(6)1-2-4(7)8/h6-10,17,23H,5,11-16,18-19H2,1-4H3;1-2H,(H,5,6)(H,7,8)/b30-26+;2-1+/i18+2;. The van der Waals surface area contributed by atoms with Crippen molar-refractivity contribution in [3.63, 3.8) is 0 Å². The van der Waals surface area contributed by atoms with Crippen LogP contribution in [-0.4, -0.2) is 81.9 Å². The quantitative estimate of drug-likeness (QED) is 0.136. The second-order valence-corrected chi connectivity index (χ2v) is 12.2. The molecule has 1 unspecified atom stereocenters. The first-order valence-corrected chi connectivity index (χ1v) is 15.5. The predicted molar refractivity (Wildman–Crippen MR) is 169 cm³/mol. The van der Waals surface area contributed by atoms with Crippen molar-refractivity contribution in [2.45, 2.75) is 58.9 Å². The number of amides is 1. The fourth-order valence-corrected chi connectivity index (χ4v) is 5.98. The molecule has 1 atom stereocenters. The van der Waals surface area contributed by atoms with E-state index in [0.29, 0.717) is 49.0 Å². The molecular formula is C32H41BrN4O7. The smallest absolute Gasteiger partial charge is 0.328 e. The van der Waals surface area contributed by atoms with E-state index in [1.807, 2.05) is 18.7 Å². The Kier molecular flexibility index (Phi) is 12.5. The van der Waals surface area contributed by atoms with Gasteiger partial charge in [-0.2, -0.15) is 4.73 Å². The number of piperidine rings is 2. The highest BCUT2D eigenvalue weighted by molar-refractivity contribution is 9.10. The number of hydrogen-bond acceptors (Lipinski definition) is 7. The van der Waals surface area contributed by atoms with Gasteiger partial charge >= 0.3 is 11.9 Å². The van der Waals surface area contributed by atoms with Crippen molar-refractivity contribution in [1.82, 2.24) is 9.80 Å². The van der Waals surface area contributed by atoms with E-state index in [1.54, 1.807) is 13.0 Å². The fraction of sp³-hybridized carbons (Fsp3) is 0.469. The molecule has 1 aromatic heterocycles. The van der Waals surface area contributed by atoms with Crippen LogP contribution >= 0.6 is 15.9 Å². The van der Waals surface area contributed by atoms with Crippen molar-refractivity contribution in [2.75, 3.05) is 32.8 Å². The number of pyridine rings is 1. The average molecular weight is 676 g/mol. The molecule has 1 amide bonds. The molecule has 238 valence electrons. The molecule has 2 aliphatic heterocycles. The number of carbonyl (C=O) groups excluding carboxylic acids is 1. The number of rotatable bonds is 8. The highest BCUT2D eigenvalue weighted by atomic mass is 79.9. The maximum absolute atomic E-state index is 13.3. The van der Waals surface area contributed by atoms with Gasteiger partial charge in [0.15, 0.2) is 6.20 Å². The Hall–Kier alpha value is -3.77. The maximum atomic E-state index is 13.3. The van der Waals surface area contributed by atoms with Crippen LogP contribution in [0.2, 0.25) is 0 Å². The molecule has 44 heavy (non-hydrogen) atoms. The zero-order chi connectivity index (χ0) is 32.4. The van der Waals surface area contributed by atoms with E-state index in [2.05, 4.69) is 57.2 Å². The summed E-state index contributed by atoms with van der Waals surface area (Å²) in [7, 11) is 0. The molecular weight excluding hydrogens is 634 g/mol. The lowest BCUT2D eigenvalue weighted by atomic mass is 9.84. The molecule has 2 N–H and O–H groups in total. The van der Waals surface area contributed by atoms with Crippen LogP contribution in [0.15, 0.2) is 58.3 Å². The number of hydrogen-bond donors (Lipinski definition) is 2. The molecule has 2 aliphatic rings. The zero-order valence-corrected chi connectivity index (χ0v) is 27.2. The Labute approximate surface area is 266 Å². The monoisotopic (exact) mass is 674 g/mol. The fourth-order valence-electron chi connectivity index (χ4n) is 5.71. The minimum atomic E-state index is -1.26. The second kappa shape index (κ2) is 15.8. The van der Waals surface area contributed by atoms with Crippen LogP contribution in [0.25, 0.3) is 0 Å². The Morgan fingerprint density at radius 3 is 2.25 bits per heavy atom. The zero-order valence-electron chi connectivity index (χ0n) is 25.7. The van der Waals surface area contributed by atoms with Gasteiger partial charge in [-0.15, -0.1) is 0 Å². The lowest BCUT2D eigenvalue weighted by Crippen LogP contribution is -2.57. The summed E-state index contributed by atoms with van der Waals surface area (Å²) in [5.74, 6) is -2.18. The number of aromatic nitrogens is 1. The van der Waals surface area contributed by atoms with E-state index in [4.69, 9.17) is 15.1 Å². The molecule has 0 saturated carbocycles. The average Bonchev–Trinajstić information content (AvgIpc) is 3.00. The molecule has 0 bridgehead atoms. The lowest BCUT2D eigenvalue weighted by Gasteiger charge is -2.49. The summed E-state index contributed by atoms with van der Waals surface area (Å²) in [6, 6.07) is 10.0. The number of likely N-dealkylation sites (tertiary alicyclic amines) is 2. The van der Waals surface area contributed by atoms with Gasteiger partial charge in [0.05, 0.1) is 5.71 Å². The molecule has 1 aromatic carbocycles. The van der Waals surface area contributed by atoms with Gasteiger partial charge in [0, 0.05) is 54.2 Å². The lowest BCUT2D eigenvalue weighted by molar-refractivity contribution is -0.612. The van der Waals surface area contributed by atoms with E-state index in [1.165, 1.54) is 6.20 Å². The first-order valence-electron chi connectivity index (χ1n) is 14.7. The summed E-state index contributed by atoms with van der Waals surface area (Å²) in [6.45, 7) is 11.9. The summed E-state index contributed by atoms with van der Waals surface area (Å²) in [6.07, 6.45) is 6.51. The Bertz CT molecular complexity index is 1360. The number of carboxylic acids is 2. The second-order valence-electron chi connectivity index (χ2n) is 11.2. The van der Waals surface area contributed by atoms with Crippen molar-refractivity contribution in [3.8, 4) is 0 Å². The normalized spacial score (nSPS) is 19.8. The number of carbonyl (C=O) groups is 3. The SMILES string of the molecule is CCO/N=C(\c1ccc(Br)cc1)C1CCN(C2(C)CCN(C(=O)c3c(C)cc[n+]([O-])c3C)[14CH2]C2)CC1.O=C(O)/C=C/C(=O)O. The predicted octanol–water partition coefficient (Wildman–Crippen LogP) is 4.56. The maximum Gasteiger partial charge on any atom is 0.328 e. The third-order valence-corrected chi connectivity index (χ3v) is 8.86. The molecule has 3 heterocycles. The summed E-state index contributed by atoms with van der Waals surface area (Å²) in [5, 5.41) is 32.2. The van der Waals surface area contributed by atoms with Gasteiger partial charge in [0.25, 0.3) is 5.91 Å². The molecule has 4 rings (SSSR count). The minimum absolute atomic E-state index is 0.0257. The summed E-state index contributed by atoms with van der Waals surface area (Å²) < 4.78 is 1.84. The molecule has 11 nitrogen and oxygen atoms in total. The first kappa shape index (κ1) is 34.7. The Morgan fingerprint density at radius 2 is 1.73 bits per heavy atom. The van der Waals surface area contributed by atoms with Crippen LogP contribution in [-0.2, 0) is 14.4 Å². The summed E-state index contributed by atoms with van der Waals surface area (Å²) in [5.41, 5.74) is 4.11. The van der Waals surface area contributed by atoms with Crippen LogP contribution in [0.1, 0.15) is 66.7 Å². The van der Waals surface area contributed by atoms with Gasteiger partial charge in [-0.3, -0.25) is 9.69 Å². The Balaban J connectivity index is 0.000000583. The van der Waals surface area contributed by atoms with Crippen LogP contribution in [0, 0.1) is 25.0 Å². The van der Waals surface area contributed by atoms with Crippen LogP contribution < -0.4 is 4.73 Å². The van der Waals surface area contributed by atoms with Crippen molar-refractivity contribution in [2.24, 2.45) is 11.1 Å². The topological polar surface area (TPSA) is 147 Å². The number of aliphatic carboxylic acids is 2. The van der Waals surface area contributed by atoms with Crippen molar-refractivity contribution in [1.29, 1.82) is 0 Å². The number of benzene rings is 1. The molecule has 12 heteroatoms. The van der Waals surface area contributed by atoms with Gasteiger partial charge in [-0.25, -0.2) is 9.59 Å². The third-order valence-electron chi connectivity index (χ3n) is 8.33. The van der Waals surface area contributed by atoms with Crippen molar-refractivity contribution in [3.05, 3.63) is 80.7 Å². The third kappa shape index (κ3) is 9.12. The van der Waals surface area contributed by atoms with Gasteiger partial charge in [0.2, 0.25) is 5.69 Å². The van der Waals surface area contributed by atoms with Crippen LogP contribution in [0.4, 0.5) is 0 Å². The molecule has 0 aliphatic carbocycles. The number of aryl methyl sites for hydroxylation is 1. The Morgan fingerprint density at radius 1 is 1.11 bits per heavy atom. The van der Waals surface area contributed by atoms with Crippen LogP contribution in [0.5, 0.6) is 0 Å². The van der Waals surface area contributed by atoms with E-state index in [0.717, 1.165) is 64.8 Å². The highest BCUT2D eigenvalue weighted by Gasteiger charge is 2.40. The molecule has 2 aromatic rings. The van der Waals surface area contributed by atoms with Crippen LogP contribution in [0.3, 0.4) is 0 Å². The molecule has 2 fully saturated rings. The van der Waals surface area contributed by atoms with Crippen molar-refractivity contribution < 1.29 is 34.2 Å². The minimum Gasteiger partial charge on any atom is -0.618 e. The van der Waals surface area contributed by atoms with Gasteiger partial charge in [-0.1, -0.05) is 33.2 Å². The van der Waals surface area contributed by atoms with Gasteiger partial charge < -0.3 is 25.2 Å². The van der Waals surface area contributed by atoms with Crippen molar-refractivity contribution >= 4 is 39.5 Å². The summed E-state index contributed by atoms with van der Waals surface area (Å²) >= 11 is 3.52.